The minimum Gasteiger partial charge on any atom is -0.487 e. The van der Waals surface area contributed by atoms with Crippen molar-refractivity contribution < 1.29 is 13.9 Å². The second kappa shape index (κ2) is 14.1. The molecule has 2 aromatic carbocycles. The lowest BCUT2D eigenvalue weighted by Crippen LogP contribution is -2.27. The zero-order valence-corrected chi connectivity index (χ0v) is 29.2. The number of hydrogen-bond donors (Lipinski definition) is 1. The van der Waals surface area contributed by atoms with Crippen LogP contribution in [0.1, 0.15) is 51.6 Å². The van der Waals surface area contributed by atoms with Gasteiger partial charge in [0.25, 0.3) is 0 Å². The van der Waals surface area contributed by atoms with Crippen molar-refractivity contribution in [3.05, 3.63) is 109 Å². The van der Waals surface area contributed by atoms with Crippen LogP contribution in [0, 0.1) is 5.41 Å². The van der Waals surface area contributed by atoms with E-state index >= 15 is 0 Å². The monoisotopic (exact) mass is 662 g/mol. The van der Waals surface area contributed by atoms with Crippen LogP contribution in [0.4, 0.5) is 6.01 Å². The molecule has 10 heteroatoms. The minimum atomic E-state index is -0.142. The van der Waals surface area contributed by atoms with E-state index in [1.807, 2.05) is 48.3 Å². The van der Waals surface area contributed by atoms with E-state index in [1.54, 1.807) is 13.3 Å². The summed E-state index contributed by atoms with van der Waals surface area (Å²) >= 11 is 1.90. The predicted molar refractivity (Wildman–Crippen MR) is 192 cm³/mol. The lowest BCUT2D eigenvalue weighted by Gasteiger charge is -2.27. The molecule has 0 amide bonds. The largest absolute Gasteiger partial charge is 0.487 e. The highest BCUT2D eigenvalue weighted by molar-refractivity contribution is 8.00. The Morgan fingerprint density at radius 1 is 0.917 bits per heavy atom. The van der Waals surface area contributed by atoms with Crippen molar-refractivity contribution in [2.45, 2.75) is 63.8 Å². The quantitative estimate of drug-likeness (QED) is 0.122. The van der Waals surface area contributed by atoms with Crippen LogP contribution in [-0.2, 0) is 19.6 Å². The highest BCUT2D eigenvalue weighted by Gasteiger charge is 2.29. The molecule has 0 saturated carbocycles. The summed E-state index contributed by atoms with van der Waals surface area (Å²) in [6.07, 6.45) is 5.80. The van der Waals surface area contributed by atoms with Crippen LogP contribution in [0.2, 0.25) is 0 Å². The number of benzene rings is 2. The molecule has 6 rings (SSSR count). The maximum Gasteiger partial charge on any atom is 0.315 e. The molecule has 9 nitrogen and oxygen atoms in total. The highest BCUT2D eigenvalue weighted by atomic mass is 32.2. The summed E-state index contributed by atoms with van der Waals surface area (Å²) in [5.74, 6) is 1.43. The van der Waals surface area contributed by atoms with Gasteiger partial charge >= 0.3 is 6.01 Å². The molecule has 1 N–H and O–H groups in total. The van der Waals surface area contributed by atoms with Crippen LogP contribution in [0.25, 0.3) is 22.0 Å². The zero-order chi connectivity index (χ0) is 33.7. The molecule has 0 unspecified atom stereocenters. The van der Waals surface area contributed by atoms with E-state index in [9.17, 15) is 0 Å². The van der Waals surface area contributed by atoms with Gasteiger partial charge in [-0.1, -0.05) is 70.0 Å². The number of fused-ring (bicyclic) bond motifs is 1. The van der Waals surface area contributed by atoms with Gasteiger partial charge in [0.05, 0.1) is 12.8 Å². The Labute approximate surface area is 286 Å². The molecule has 0 saturated heterocycles. The third kappa shape index (κ3) is 8.17. The SMILES string of the molecule is COc1ccc(-c2ccc(Cn3c(CC(C)(C)CNc4nnco4)c(SC(C)(C)C)c4cc(OCc5ccccn5)ccc43)cc2)cn1. The van der Waals surface area contributed by atoms with Gasteiger partial charge in [-0.2, -0.15) is 0 Å². The van der Waals surface area contributed by atoms with E-state index in [2.05, 4.69) is 107 Å². The number of hydrogen-bond acceptors (Lipinski definition) is 9. The van der Waals surface area contributed by atoms with Gasteiger partial charge in [-0.3, -0.25) is 4.98 Å². The van der Waals surface area contributed by atoms with E-state index in [0.717, 1.165) is 35.5 Å². The summed E-state index contributed by atoms with van der Waals surface area (Å²) in [6, 6.07) is 25.4. The van der Waals surface area contributed by atoms with Crippen LogP contribution < -0.4 is 14.8 Å². The molecular formula is C38H42N6O3S. The fraction of sp³-hybridized carbons (Fsp3) is 0.316. The summed E-state index contributed by atoms with van der Waals surface area (Å²) in [5.41, 5.74) is 6.58. The van der Waals surface area contributed by atoms with E-state index in [0.29, 0.717) is 25.0 Å². The van der Waals surface area contributed by atoms with Crippen molar-refractivity contribution in [3.8, 4) is 22.8 Å². The molecule has 0 fully saturated rings. The Kier molecular flexibility index (Phi) is 9.73. The average molecular weight is 663 g/mol. The summed E-state index contributed by atoms with van der Waals surface area (Å²) in [7, 11) is 1.63. The van der Waals surface area contributed by atoms with Gasteiger partial charge in [-0.05, 0) is 59.4 Å². The predicted octanol–water partition coefficient (Wildman–Crippen LogP) is 8.69. The van der Waals surface area contributed by atoms with E-state index in [-0.39, 0.29) is 10.2 Å². The van der Waals surface area contributed by atoms with Crippen molar-refractivity contribution in [1.29, 1.82) is 0 Å². The number of anilines is 1. The number of thioether (sulfide) groups is 1. The molecule has 0 aliphatic carbocycles. The van der Waals surface area contributed by atoms with E-state index < -0.39 is 0 Å². The average Bonchev–Trinajstić information content (AvgIpc) is 3.70. The Bertz CT molecular complexity index is 1930. The van der Waals surface area contributed by atoms with Crippen molar-refractivity contribution in [3.63, 3.8) is 0 Å². The third-order valence-corrected chi connectivity index (χ3v) is 9.18. The van der Waals surface area contributed by atoms with Gasteiger partial charge in [0.1, 0.15) is 12.4 Å². The fourth-order valence-corrected chi connectivity index (χ4v) is 6.79. The molecule has 0 aliphatic rings. The summed E-state index contributed by atoms with van der Waals surface area (Å²) in [6.45, 7) is 13.1. The van der Waals surface area contributed by atoms with E-state index in [4.69, 9.17) is 13.9 Å². The number of rotatable bonds is 13. The molecule has 4 aromatic heterocycles. The summed E-state index contributed by atoms with van der Waals surface area (Å²) < 4.78 is 19.3. The molecule has 4 heterocycles. The smallest absolute Gasteiger partial charge is 0.315 e. The second-order valence-corrected chi connectivity index (χ2v) is 15.4. The van der Waals surface area contributed by atoms with Crippen LogP contribution >= 0.6 is 11.8 Å². The number of nitrogens with one attached hydrogen (secondary N) is 1. The number of ether oxygens (including phenoxy) is 2. The van der Waals surface area contributed by atoms with E-state index in [1.165, 1.54) is 33.4 Å². The second-order valence-electron chi connectivity index (χ2n) is 13.6. The first kappa shape index (κ1) is 33.1. The highest BCUT2D eigenvalue weighted by Crippen LogP contribution is 2.44. The first-order valence-corrected chi connectivity index (χ1v) is 16.8. The van der Waals surface area contributed by atoms with Crippen molar-refractivity contribution >= 4 is 28.7 Å². The Morgan fingerprint density at radius 2 is 1.73 bits per heavy atom. The van der Waals surface area contributed by atoms with Crippen molar-refractivity contribution in [2.24, 2.45) is 5.41 Å². The molecule has 0 spiro atoms. The summed E-state index contributed by atoms with van der Waals surface area (Å²) in [5, 5.41) is 12.4. The number of pyridine rings is 2. The first-order valence-electron chi connectivity index (χ1n) is 16.0. The number of methoxy groups -OCH3 is 1. The Morgan fingerprint density at radius 3 is 2.40 bits per heavy atom. The molecule has 0 aliphatic heterocycles. The zero-order valence-electron chi connectivity index (χ0n) is 28.4. The maximum atomic E-state index is 6.28. The molecule has 0 radical (unpaired) electrons. The first-order chi connectivity index (χ1) is 23.1. The standard InChI is InChI=1S/C38H42N6O3S/c1-37(2,3)48-35-31-19-30(46-23-29-9-7-8-18-39-29)15-16-32(31)44(33(35)20-38(4,5)24-41-36-43-42-25-47-36)22-26-10-12-27(13-11-26)28-14-17-34(45-6)40-21-28/h7-19,21,25H,20,22-24H2,1-6H3,(H,41,43). The van der Waals surface area contributed by atoms with Gasteiger partial charge in [0.2, 0.25) is 12.3 Å². The van der Waals surface area contributed by atoms with Crippen LogP contribution in [0.3, 0.4) is 0 Å². The lowest BCUT2D eigenvalue weighted by atomic mass is 9.87. The molecule has 0 bridgehead atoms. The fourth-order valence-electron chi connectivity index (χ4n) is 5.60. The van der Waals surface area contributed by atoms with Crippen LogP contribution in [-0.4, -0.2) is 43.1 Å². The van der Waals surface area contributed by atoms with Gasteiger partial charge in [0.15, 0.2) is 0 Å². The number of nitrogens with zero attached hydrogens (tertiary/aromatic N) is 5. The minimum absolute atomic E-state index is 0.0150. The molecular weight excluding hydrogens is 621 g/mol. The number of aromatic nitrogens is 5. The van der Waals surface area contributed by atoms with Gasteiger partial charge < -0.3 is 23.8 Å². The summed E-state index contributed by atoms with van der Waals surface area (Å²) in [4.78, 5) is 10.1. The van der Waals surface area contributed by atoms with Gasteiger partial charge in [0, 0.05) is 63.4 Å². The molecule has 248 valence electrons. The maximum absolute atomic E-state index is 6.28. The molecule has 0 atom stereocenters. The Hall–Kier alpha value is -4.83. The van der Waals surface area contributed by atoms with Crippen molar-refractivity contribution in [1.82, 2.24) is 24.7 Å². The molecule has 6 aromatic rings. The van der Waals surface area contributed by atoms with Crippen LogP contribution in [0.5, 0.6) is 11.6 Å². The lowest BCUT2D eigenvalue weighted by molar-refractivity contribution is 0.301. The van der Waals surface area contributed by atoms with Crippen molar-refractivity contribution in [2.75, 3.05) is 19.0 Å². The topological polar surface area (TPSA) is 100 Å². The third-order valence-electron chi connectivity index (χ3n) is 7.91. The normalized spacial score (nSPS) is 12.0. The van der Waals surface area contributed by atoms with Gasteiger partial charge in [-0.25, -0.2) is 4.98 Å². The van der Waals surface area contributed by atoms with Crippen LogP contribution in [0.15, 0.2) is 101 Å². The molecule has 48 heavy (non-hydrogen) atoms. The van der Waals surface area contributed by atoms with Gasteiger partial charge in [-0.15, -0.1) is 16.9 Å². The Balaban J connectivity index is 1.38.